The number of hydrogen-bond donors (Lipinski definition) is 0. The van der Waals surface area contributed by atoms with Crippen molar-refractivity contribution in [1.29, 1.82) is 0 Å². The summed E-state index contributed by atoms with van der Waals surface area (Å²) < 4.78 is 12.3. The second-order valence-electron chi connectivity index (χ2n) is 7.79. The normalized spacial score (nSPS) is 14.0. The molecule has 0 aliphatic heterocycles. The summed E-state index contributed by atoms with van der Waals surface area (Å²) in [5.41, 5.74) is 2.72. The van der Waals surface area contributed by atoms with Gasteiger partial charge in [0.1, 0.15) is 0 Å². The summed E-state index contributed by atoms with van der Waals surface area (Å²) in [6.07, 6.45) is 1.27. The van der Waals surface area contributed by atoms with Gasteiger partial charge >= 0.3 is 0 Å². The van der Waals surface area contributed by atoms with E-state index in [0.717, 1.165) is 0 Å². The molecule has 4 heteroatoms. The van der Waals surface area contributed by atoms with E-state index < -0.39 is 16.6 Å². The van der Waals surface area contributed by atoms with E-state index in [9.17, 15) is 0 Å². The minimum Gasteiger partial charge on any atom is -0.419 e. The van der Waals surface area contributed by atoms with Crippen molar-refractivity contribution in [3.8, 4) is 0 Å². The van der Waals surface area contributed by atoms with Crippen LogP contribution in [0.2, 0.25) is 34.3 Å². The third-order valence-electron chi connectivity index (χ3n) is 5.80. The summed E-state index contributed by atoms with van der Waals surface area (Å²) in [7, 11) is 0.606. The van der Waals surface area contributed by atoms with E-state index in [-0.39, 0.29) is 0 Å². The molecule has 0 aromatic heterocycles. The predicted octanol–water partition coefficient (Wildman–Crippen LogP) is 6.20. The Labute approximate surface area is 136 Å². The molecule has 0 N–H and O–H groups in total. The average Bonchev–Trinajstić information content (AvgIpc) is 2.37. The lowest BCUT2D eigenvalue weighted by Crippen LogP contribution is -2.46. The molecule has 0 aliphatic carbocycles. The zero-order valence-corrected chi connectivity index (χ0v) is 18.2. The summed E-state index contributed by atoms with van der Waals surface area (Å²) in [4.78, 5) is 0. The van der Waals surface area contributed by atoms with Gasteiger partial charge in [0.05, 0.1) is 0 Å². The van der Waals surface area contributed by atoms with E-state index in [1.807, 2.05) is 14.2 Å². The minimum atomic E-state index is -1.64. The van der Waals surface area contributed by atoms with Gasteiger partial charge < -0.3 is 8.85 Å². The van der Waals surface area contributed by atoms with Crippen molar-refractivity contribution in [1.82, 2.24) is 0 Å². The monoisotopic (exact) mass is 332 g/mol. The van der Waals surface area contributed by atoms with Gasteiger partial charge in [-0.2, -0.15) is 0 Å². The Hall–Kier alpha value is 0.354. The topological polar surface area (TPSA) is 18.5 Å². The zero-order chi connectivity index (χ0) is 16.8. The van der Waals surface area contributed by atoms with Crippen LogP contribution in [0.25, 0.3) is 0 Å². The van der Waals surface area contributed by atoms with Gasteiger partial charge in [-0.05, 0) is 34.3 Å². The first-order chi connectivity index (χ1) is 9.60. The fraction of sp³-hybridized carbons (Fsp3) is 1.00. The van der Waals surface area contributed by atoms with Crippen molar-refractivity contribution in [2.24, 2.45) is 0 Å². The maximum absolute atomic E-state index is 6.14. The van der Waals surface area contributed by atoms with E-state index in [1.165, 1.54) is 18.5 Å². The van der Waals surface area contributed by atoms with Crippen molar-refractivity contribution in [3.63, 3.8) is 0 Å². The van der Waals surface area contributed by atoms with E-state index in [1.54, 1.807) is 0 Å². The van der Waals surface area contributed by atoms with Gasteiger partial charge in [0.25, 0.3) is 0 Å². The Bertz CT molecular complexity index is 245. The van der Waals surface area contributed by atoms with Crippen LogP contribution < -0.4 is 0 Å². The molecule has 0 radical (unpaired) electrons. The van der Waals surface area contributed by atoms with Gasteiger partial charge in [-0.1, -0.05) is 61.8 Å². The van der Waals surface area contributed by atoms with Crippen molar-refractivity contribution in [2.75, 3.05) is 14.2 Å². The quantitative estimate of drug-likeness (QED) is 0.443. The van der Waals surface area contributed by atoms with Gasteiger partial charge in [0, 0.05) is 14.2 Å². The molecule has 0 spiro atoms. The maximum atomic E-state index is 6.14. The van der Waals surface area contributed by atoms with Crippen molar-refractivity contribution < 1.29 is 8.85 Å². The fourth-order valence-electron chi connectivity index (χ4n) is 4.28. The molecule has 0 saturated heterocycles. The van der Waals surface area contributed by atoms with Crippen LogP contribution >= 0.6 is 0 Å². The van der Waals surface area contributed by atoms with Crippen molar-refractivity contribution in [3.05, 3.63) is 0 Å². The lowest BCUT2D eigenvalue weighted by atomic mass is 10.5. The van der Waals surface area contributed by atoms with Gasteiger partial charge in [-0.3, -0.25) is 0 Å². The van der Waals surface area contributed by atoms with Crippen molar-refractivity contribution in [2.45, 2.75) is 96.1 Å². The second kappa shape index (κ2) is 8.85. The zero-order valence-electron chi connectivity index (χ0n) is 16.2. The number of rotatable bonds is 10. The minimum absolute atomic E-state index is 0.680. The Balaban J connectivity index is 4.98. The summed E-state index contributed by atoms with van der Waals surface area (Å²) in [5.74, 6) is 0. The Morgan fingerprint density at radius 1 is 0.571 bits per heavy atom. The Morgan fingerprint density at radius 3 is 0.952 bits per heavy atom. The second-order valence-corrected chi connectivity index (χ2v) is 18.0. The van der Waals surface area contributed by atoms with Gasteiger partial charge in [0.15, 0.2) is 16.6 Å². The highest BCUT2D eigenvalue weighted by Crippen LogP contribution is 2.42. The van der Waals surface area contributed by atoms with Crippen LogP contribution in [0.5, 0.6) is 0 Å². The average molecular weight is 333 g/mol. The Kier molecular flexibility index (Phi) is 9.00. The third kappa shape index (κ3) is 4.66. The Morgan fingerprint density at radius 2 is 0.810 bits per heavy atom. The van der Waals surface area contributed by atoms with E-state index >= 15 is 0 Å². The van der Waals surface area contributed by atoms with Crippen LogP contribution in [-0.2, 0) is 8.85 Å². The summed E-state index contributed by atoms with van der Waals surface area (Å²) >= 11 is 0. The molecule has 0 aromatic carbocycles. The molecule has 0 rings (SSSR count). The molecule has 0 fully saturated rings. The van der Waals surface area contributed by atoms with Gasteiger partial charge in [-0.15, -0.1) is 0 Å². The molecule has 0 amide bonds. The molecule has 21 heavy (non-hydrogen) atoms. The molecule has 2 nitrogen and oxygen atoms in total. The summed E-state index contributed by atoms with van der Waals surface area (Å²) in [6, 6.07) is 2.55. The van der Waals surface area contributed by atoms with E-state index in [4.69, 9.17) is 8.85 Å². The SMILES string of the molecule is CO[Si](CCC[Si](OC)(C(C)C)C(C)C)(C(C)C)C(C)C. The highest BCUT2D eigenvalue weighted by molar-refractivity contribution is 6.78. The fourth-order valence-corrected chi connectivity index (χ4v) is 13.4. The molecule has 0 saturated carbocycles. The molecule has 0 aliphatic rings. The third-order valence-corrected chi connectivity index (χ3v) is 17.4. The highest BCUT2D eigenvalue weighted by atomic mass is 28.4. The first-order valence-electron chi connectivity index (χ1n) is 8.71. The van der Waals surface area contributed by atoms with E-state index in [2.05, 4.69) is 55.4 Å². The van der Waals surface area contributed by atoms with Gasteiger partial charge in [-0.25, -0.2) is 0 Å². The molecule has 0 atom stereocenters. The maximum Gasteiger partial charge on any atom is 0.197 e. The van der Waals surface area contributed by atoms with Crippen LogP contribution in [0.15, 0.2) is 0 Å². The van der Waals surface area contributed by atoms with Crippen LogP contribution in [0.3, 0.4) is 0 Å². The summed E-state index contributed by atoms with van der Waals surface area (Å²) in [5, 5.41) is 0. The lowest BCUT2D eigenvalue weighted by molar-refractivity contribution is 0.360. The highest BCUT2D eigenvalue weighted by Gasteiger charge is 2.44. The molecule has 0 heterocycles. The molecule has 0 bridgehead atoms. The van der Waals surface area contributed by atoms with Crippen molar-refractivity contribution >= 4 is 16.6 Å². The summed E-state index contributed by atoms with van der Waals surface area (Å²) in [6.45, 7) is 18.8. The first-order valence-corrected chi connectivity index (χ1v) is 13.2. The lowest BCUT2D eigenvalue weighted by Gasteiger charge is -2.40. The van der Waals surface area contributed by atoms with Crippen LogP contribution in [0, 0.1) is 0 Å². The molecular formula is C17H40O2Si2. The first kappa shape index (κ1) is 21.4. The standard InChI is InChI=1S/C17H40O2Si2/c1-14(2)20(18-9,15(3)4)12-11-13-21(19-10,16(5)6)17(7)8/h14-17H,11-13H2,1-10H3. The smallest absolute Gasteiger partial charge is 0.197 e. The van der Waals surface area contributed by atoms with Gasteiger partial charge in [0.2, 0.25) is 0 Å². The predicted molar refractivity (Wildman–Crippen MR) is 100 cm³/mol. The van der Waals surface area contributed by atoms with Crippen LogP contribution in [0.4, 0.5) is 0 Å². The van der Waals surface area contributed by atoms with Crippen LogP contribution in [0.1, 0.15) is 61.8 Å². The molecular weight excluding hydrogens is 292 g/mol. The van der Waals surface area contributed by atoms with E-state index in [0.29, 0.717) is 22.2 Å². The molecule has 0 unspecified atom stereocenters. The largest absolute Gasteiger partial charge is 0.419 e. The van der Waals surface area contributed by atoms with Crippen LogP contribution in [-0.4, -0.2) is 30.9 Å². The molecule has 0 aromatic rings. The molecule has 128 valence electrons. The number of hydrogen-bond acceptors (Lipinski definition) is 2.